The number of aromatic amines is 1. The second-order valence-electron chi connectivity index (χ2n) is 5.04. The van der Waals surface area contributed by atoms with Crippen molar-refractivity contribution in [1.29, 1.82) is 0 Å². The molecule has 0 aliphatic carbocycles. The van der Waals surface area contributed by atoms with Crippen molar-refractivity contribution in [3.8, 4) is 0 Å². The van der Waals surface area contributed by atoms with Gasteiger partial charge in [-0.3, -0.25) is 14.6 Å². The number of halogens is 1. The van der Waals surface area contributed by atoms with Gasteiger partial charge in [-0.25, -0.2) is 9.37 Å². The van der Waals surface area contributed by atoms with Crippen LogP contribution in [-0.4, -0.2) is 29.5 Å². The van der Waals surface area contributed by atoms with Crippen LogP contribution in [0.2, 0.25) is 0 Å². The maximum absolute atomic E-state index is 13.6. The highest BCUT2D eigenvalue weighted by Gasteiger charge is 2.23. The van der Waals surface area contributed by atoms with Crippen LogP contribution in [0.25, 0.3) is 11.0 Å². The van der Waals surface area contributed by atoms with Crippen LogP contribution in [0, 0.1) is 12.7 Å². The maximum Gasteiger partial charge on any atom is 0.279 e. The summed E-state index contributed by atoms with van der Waals surface area (Å²) in [5.41, 5.74) is 5.19. The molecule has 8 nitrogen and oxygen atoms in total. The van der Waals surface area contributed by atoms with E-state index in [2.05, 4.69) is 19.9 Å². The van der Waals surface area contributed by atoms with Gasteiger partial charge in [0.2, 0.25) is 0 Å². The summed E-state index contributed by atoms with van der Waals surface area (Å²) < 4.78 is 41.0. The number of amides is 1. The summed E-state index contributed by atoms with van der Waals surface area (Å²) in [6.45, 7) is 1.44. The van der Waals surface area contributed by atoms with Crippen LogP contribution in [0.3, 0.4) is 0 Å². The average molecular weight is 349 g/mol. The minimum Gasteiger partial charge on any atom is -0.366 e. The largest absolute Gasteiger partial charge is 0.366 e. The average Bonchev–Trinajstić information content (AvgIpc) is 2.95. The Labute approximate surface area is 135 Å². The number of pyridine rings is 1. The number of fused-ring (bicyclic) bond motifs is 1. The lowest BCUT2D eigenvalue weighted by atomic mass is 10.1. The molecule has 2 aromatic heterocycles. The number of hydrogen-bond acceptors (Lipinski definition) is 5. The molecule has 0 atom stereocenters. The van der Waals surface area contributed by atoms with E-state index >= 15 is 0 Å². The number of benzene rings is 1. The van der Waals surface area contributed by atoms with Crippen molar-refractivity contribution in [2.24, 2.45) is 5.73 Å². The molecule has 0 radical (unpaired) electrons. The lowest BCUT2D eigenvalue weighted by Crippen LogP contribution is -2.19. The lowest BCUT2D eigenvalue weighted by molar-refractivity contribution is 0.100. The van der Waals surface area contributed by atoms with Gasteiger partial charge in [0.05, 0.1) is 16.6 Å². The van der Waals surface area contributed by atoms with Gasteiger partial charge in [0, 0.05) is 6.20 Å². The van der Waals surface area contributed by atoms with E-state index in [1.807, 2.05) is 0 Å². The van der Waals surface area contributed by atoms with Gasteiger partial charge >= 0.3 is 0 Å². The van der Waals surface area contributed by atoms with Crippen molar-refractivity contribution in [1.82, 2.24) is 15.2 Å². The first-order chi connectivity index (χ1) is 11.3. The molecule has 0 saturated carbocycles. The topological polar surface area (TPSA) is 131 Å². The molecule has 10 heteroatoms. The monoisotopic (exact) mass is 349 g/mol. The number of nitrogens with two attached hydrogens (primary N) is 1. The van der Waals surface area contributed by atoms with E-state index in [1.165, 1.54) is 25.3 Å². The highest BCUT2D eigenvalue weighted by Crippen LogP contribution is 2.25. The van der Waals surface area contributed by atoms with Crippen LogP contribution in [0.15, 0.2) is 35.5 Å². The predicted octanol–water partition coefficient (Wildman–Crippen LogP) is 1.31. The fraction of sp³-hybridized carbons (Fsp3) is 0.0714. The van der Waals surface area contributed by atoms with E-state index in [1.54, 1.807) is 6.07 Å². The highest BCUT2D eigenvalue weighted by molar-refractivity contribution is 7.92. The van der Waals surface area contributed by atoms with Crippen LogP contribution < -0.4 is 10.5 Å². The molecule has 0 aliphatic rings. The van der Waals surface area contributed by atoms with E-state index in [-0.39, 0.29) is 32.9 Å². The van der Waals surface area contributed by atoms with Crippen LogP contribution in [-0.2, 0) is 10.0 Å². The number of carbonyl (C=O) groups is 1. The number of sulfonamides is 1. The number of aromatic nitrogens is 3. The predicted molar refractivity (Wildman–Crippen MR) is 84.4 cm³/mol. The third kappa shape index (κ3) is 2.67. The number of nitrogens with zero attached hydrogens (tertiary/aromatic N) is 2. The zero-order valence-corrected chi connectivity index (χ0v) is 13.2. The van der Waals surface area contributed by atoms with E-state index in [4.69, 9.17) is 5.73 Å². The number of carbonyl (C=O) groups excluding carboxylic acids is 1. The van der Waals surface area contributed by atoms with Crippen molar-refractivity contribution in [2.45, 2.75) is 11.9 Å². The van der Waals surface area contributed by atoms with Gasteiger partial charge in [-0.1, -0.05) is 0 Å². The van der Waals surface area contributed by atoms with Gasteiger partial charge in [0.1, 0.15) is 5.82 Å². The molecule has 0 spiro atoms. The van der Waals surface area contributed by atoms with E-state index in [9.17, 15) is 17.6 Å². The quantitative estimate of drug-likeness (QED) is 0.653. The fourth-order valence-electron chi connectivity index (χ4n) is 2.20. The Morgan fingerprint density at radius 1 is 1.38 bits per heavy atom. The Bertz CT molecular complexity index is 1060. The molecule has 0 saturated heterocycles. The second-order valence-corrected chi connectivity index (χ2v) is 6.66. The van der Waals surface area contributed by atoms with Crippen molar-refractivity contribution in [2.75, 3.05) is 4.72 Å². The first-order valence-corrected chi connectivity index (χ1v) is 8.20. The summed E-state index contributed by atoms with van der Waals surface area (Å²) in [6.07, 6.45) is 1.47. The van der Waals surface area contributed by atoms with Crippen LogP contribution >= 0.6 is 0 Å². The summed E-state index contributed by atoms with van der Waals surface area (Å²) in [4.78, 5) is 15.4. The molecule has 0 bridgehead atoms. The first-order valence-electron chi connectivity index (χ1n) is 6.71. The van der Waals surface area contributed by atoms with E-state index in [0.717, 1.165) is 6.07 Å². The minimum atomic E-state index is -4.12. The third-order valence-corrected chi connectivity index (χ3v) is 4.71. The molecule has 3 aromatic rings. The molecule has 0 unspecified atom stereocenters. The molecule has 2 heterocycles. The molecule has 24 heavy (non-hydrogen) atoms. The Morgan fingerprint density at radius 2 is 2.12 bits per heavy atom. The molecular weight excluding hydrogens is 337 g/mol. The first kappa shape index (κ1) is 15.9. The summed E-state index contributed by atoms with van der Waals surface area (Å²) >= 11 is 0. The highest BCUT2D eigenvalue weighted by atomic mass is 32.2. The van der Waals surface area contributed by atoms with E-state index < -0.39 is 21.7 Å². The fourth-order valence-corrected chi connectivity index (χ4v) is 3.37. The van der Waals surface area contributed by atoms with Crippen LogP contribution in [0.1, 0.15) is 15.9 Å². The molecule has 3 rings (SSSR count). The van der Waals surface area contributed by atoms with Crippen LogP contribution in [0.5, 0.6) is 0 Å². The van der Waals surface area contributed by atoms with Crippen molar-refractivity contribution < 1.29 is 17.6 Å². The lowest BCUT2D eigenvalue weighted by Gasteiger charge is -2.11. The van der Waals surface area contributed by atoms with Gasteiger partial charge in [-0.15, -0.1) is 0 Å². The Hall–Kier alpha value is -3.01. The van der Waals surface area contributed by atoms with E-state index in [0.29, 0.717) is 0 Å². The van der Waals surface area contributed by atoms with Gasteiger partial charge in [-0.2, -0.15) is 13.5 Å². The smallest absolute Gasteiger partial charge is 0.279 e. The number of H-pyrrole nitrogens is 1. The molecular formula is C14H12FN5O3S. The summed E-state index contributed by atoms with van der Waals surface area (Å²) in [5, 5.41) is 6.27. The van der Waals surface area contributed by atoms with Crippen molar-refractivity contribution in [3.05, 3.63) is 47.4 Å². The van der Waals surface area contributed by atoms with Gasteiger partial charge < -0.3 is 5.73 Å². The number of rotatable bonds is 4. The van der Waals surface area contributed by atoms with Crippen molar-refractivity contribution >= 4 is 32.7 Å². The molecule has 124 valence electrons. The number of nitrogens with one attached hydrogen (secondary N) is 2. The van der Waals surface area contributed by atoms with Gasteiger partial charge in [-0.05, 0) is 36.8 Å². The van der Waals surface area contributed by atoms with Gasteiger partial charge in [0.25, 0.3) is 15.9 Å². The number of anilines is 1. The normalized spacial score (nSPS) is 11.6. The molecule has 0 fully saturated rings. The summed E-state index contributed by atoms with van der Waals surface area (Å²) in [7, 11) is -4.12. The molecule has 1 amide bonds. The molecule has 4 N–H and O–H groups in total. The van der Waals surface area contributed by atoms with Crippen LogP contribution in [0.4, 0.5) is 10.1 Å². The molecule has 0 aliphatic heterocycles. The Balaban J connectivity index is 2.10. The minimum absolute atomic E-state index is 0.118. The van der Waals surface area contributed by atoms with Crippen molar-refractivity contribution in [3.63, 3.8) is 0 Å². The zero-order chi connectivity index (χ0) is 17.5. The SMILES string of the molecule is Cc1cc(NS(=O)(=O)c2[nH]nc3ncccc23)c(C(N)=O)cc1F. The Kier molecular flexibility index (Phi) is 3.68. The number of aryl methyl sites for hydroxylation is 1. The Morgan fingerprint density at radius 3 is 2.83 bits per heavy atom. The summed E-state index contributed by atoms with van der Waals surface area (Å²) in [6, 6.07) is 5.19. The number of primary amides is 1. The zero-order valence-electron chi connectivity index (χ0n) is 12.4. The maximum atomic E-state index is 13.6. The standard InChI is InChI=1S/C14H12FN5O3S/c1-7-5-11(9(12(16)21)6-10(7)15)20-24(22,23)14-8-3-2-4-17-13(8)18-19-14/h2-6,20H,1H3,(H2,16,21)(H,17,18,19). The second kappa shape index (κ2) is 5.57. The molecule has 1 aromatic carbocycles. The third-order valence-electron chi connectivity index (χ3n) is 3.37. The van der Waals surface area contributed by atoms with Gasteiger partial charge in [0.15, 0.2) is 10.7 Å². The summed E-state index contributed by atoms with van der Waals surface area (Å²) in [5.74, 6) is -1.62. The number of hydrogen-bond donors (Lipinski definition) is 3.